The summed E-state index contributed by atoms with van der Waals surface area (Å²) in [6.45, 7) is 4.92. The van der Waals surface area contributed by atoms with Crippen LogP contribution in [0.3, 0.4) is 0 Å². The summed E-state index contributed by atoms with van der Waals surface area (Å²) in [7, 11) is 0. The maximum absolute atomic E-state index is 13.7. The Morgan fingerprint density at radius 3 is 2.45 bits per heavy atom. The summed E-state index contributed by atoms with van der Waals surface area (Å²) in [5.74, 6) is -0.0532. The number of anilines is 1. The lowest BCUT2D eigenvalue weighted by atomic mass is 9.85. The van der Waals surface area contributed by atoms with Crippen LogP contribution in [0.5, 0.6) is 5.75 Å². The van der Waals surface area contributed by atoms with Crippen molar-refractivity contribution in [3.05, 3.63) is 64.2 Å². The number of carbonyl (C=O) groups is 2. The van der Waals surface area contributed by atoms with Gasteiger partial charge in [0.1, 0.15) is 11.4 Å². The molecule has 2 aliphatic rings. The fraction of sp³-hybridized carbons (Fsp3) is 0.250. The Kier molecular flexibility index (Phi) is 4.23. The van der Waals surface area contributed by atoms with Crippen molar-refractivity contribution in [1.29, 1.82) is 0 Å². The number of ether oxygens (including phenoxy) is 1. The van der Waals surface area contributed by atoms with Crippen LogP contribution in [-0.2, 0) is 4.79 Å². The van der Waals surface area contributed by atoms with Crippen LogP contribution in [0.4, 0.5) is 11.4 Å². The van der Waals surface area contributed by atoms with E-state index >= 15 is 0 Å². The predicted molar refractivity (Wildman–Crippen MR) is 109 cm³/mol. The summed E-state index contributed by atoms with van der Waals surface area (Å²) in [6, 6.07) is 12.6. The van der Waals surface area contributed by atoms with Crippen LogP contribution in [0.25, 0.3) is 0 Å². The fourth-order valence-corrected chi connectivity index (χ4v) is 4.79. The highest BCUT2D eigenvalue weighted by Gasteiger charge is 2.65. The summed E-state index contributed by atoms with van der Waals surface area (Å²) in [5.41, 5.74) is -0.304. The SMILES string of the molecule is CC(=O)C1=NN(c2ccc([N+](=O)[O-])cc2)[C@@]2(S1)C(=O)c1ccccc1OC2(C)C. The van der Waals surface area contributed by atoms with Gasteiger partial charge in [-0.1, -0.05) is 23.9 Å². The minimum Gasteiger partial charge on any atom is -0.483 e. The van der Waals surface area contributed by atoms with E-state index in [1.165, 1.54) is 36.2 Å². The second-order valence-corrected chi connectivity index (χ2v) is 8.41. The average molecular weight is 411 g/mol. The third-order valence-electron chi connectivity index (χ3n) is 4.96. The predicted octanol–water partition coefficient (Wildman–Crippen LogP) is 3.80. The number of non-ortho nitro benzene ring substituents is 1. The van der Waals surface area contributed by atoms with Crippen LogP contribution < -0.4 is 9.75 Å². The molecule has 0 saturated heterocycles. The summed E-state index contributed by atoms with van der Waals surface area (Å²) < 4.78 is 6.19. The number of hydrogen-bond donors (Lipinski definition) is 0. The molecule has 0 radical (unpaired) electrons. The minimum absolute atomic E-state index is 0.0822. The van der Waals surface area contributed by atoms with Crippen molar-refractivity contribution < 1.29 is 19.2 Å². The molecule has 0 aliphatic carbocycles. The number of thioether (sulfide) groups is 1. The highest BCUT2D eigenvalue weighted by atomic mass is 32.2. The lowest BCUT2D eigenvalue weighted by molar-refractivity contribution is -0.384. The molecule has 2 aromatic rings. The molecule has 2 aliphatic heterocycles. The van der Waals surface area contributed by atoms with Gasteiger partial charge in [0, 0.05) is 19.1 Å². The number of carbonyl (C=O) groups excluding carboxylic acids is 2. The number of para-hydroxylation sites is 1. The first-order valence-electron chi connectivity index (χ1n) is 8.83. The van der Waals surface area contributed by atoms with Crippen LogP contribution in [0.2, 0.25) is 0 Å². The van der Waals surface area contributed by atoms with Crippen LogP contribution in [0.1, 0.15) is 31.1 Å². The largest absolute Gasteiger partial charge is 0.483 e. The number of rotatable bonds is 3. The van der Waals surface area contributed by atoms with Crippen LogP contribution in [0.15, 0.2) is 53.6 Å². The first-order valence-corrected chi connectivity index (χ1v) is 9.65. The quantitative estimate of drug-likeness (QED) is 0.559. The molecular formula is C20H17N3O5S. The van der Waals surface area contributed by atoms with E-state index in [9.17, 15) is 19.7 Å². The number of benzene rings is 2. The topological polar surface area (TPSA) is 102 Å². The molecule has 0 unspecified atom stereocenters. The first kappa shape index (κ1) is 19.1. The molecule has 4 rings (SSSR count). The number of nitro groups is 1. The molecule has 148 valence electrons. The number of nitrogens with zero attached hydrogens (tertiary/aromatic N) is 3. The molecule has 1 atom stereocenters. The van der Waals surface area contributed by atoms with Gasteiger partial charge in [-0.05, 0) is 38.1 Å². The molecule has 0 bridgehead atoms. The van der Waals surface area contributed by atoms with Gasteiger partial charge in [0.15, 0.2) is 10.8 Å². The number of fused-ring (bicyclic) bond motifs is 1. The van der Waals surface area contributed by atoms with Crippen LogP contribution >= 0.6 is 11.8 Å². The number of Topliss-reactive ketones (excluding diaryl/α,β-unsaturated/α-hetero) is 2. The second kappa shape index (κ2) is 6.41. The molecule has 0 amide bonds. The highest BCUT2D eigenvalue weighted by molar-refractivity contribution is 8.18. The van der Waals surface area contributed by atoms with Crippen molar-refractivity contribution in [1.82, 2.24) is 0 Å². The van der Waals surface area contributed by atoms with Crippen molar-refractivity contribution in [3.63, 3.8) is 0 Å². The van der Waals surface area contributed by atoms with Gasteiger partial charge < -0.3 is 4.74 Å². The van der Waals surface area contributed by atoms with E-state index in [-0.39, 0.29) is 22.3 Å². The third-order valence-corrected chi connectivity index (χ3v) is 6.67. The normalized spacial score (nSPS) is 22.1. The van der Waals surface area contributed by atoms with Crippen molar-refractivity contribution in [2.24, 2.45) is 5.10 Å². The van der Waals surface area contributed by atoms with E-state index in [1.54, 1.807) is 38.1 Å². The van der Waals surface area contributed by atoms with E-state index in [4.69, 9.17) is 4.74 Å². The van der Waals surface area contributed by atoms with Gasteiger partial charge in [-0.3, -0.25) is 19.7 Å². The van der Waals surface area contributed by atoms with E-state index < -0.39 is 15.4 Å². The Bertz CT molecular complexity index is 1080. The number of ketones is 2. The molecule has 2 aromatic carbocycles. The fourth-order valence-electron chi connectivity index (χ4n) is 3.53. The van der Waals surface area contributed by atoms with Gasteiger partial charge in [-0.15, -0.1) is 0 Å². The van der Waals surface area contributed by atoms with Crippen LogP contribution in [0, 0.1) is 10.1 Å². The molecular weight excluding hydrogens is 394 g/mol. The van der Waals surface area contributed by atoms with Gasteiger partial charge >= 0.3 is 0 Å². The molecule has 29 heavy (non-hydrogen) atoms. The molecule has 1 spiro atoms. The molecule has 9 heteroatoms. The Labute approximate surface area is 170 Å². The van der Waals surface area contributed by atoms with E-state index in [0.29, 0.717) is 17.0 Å². The van der Waals surface area contributed by atoms with E-state index in [2.05, 4.69) is 5.10 Å². The standard InChI is InChI=1S/C20H17N3O5S/c1-12(24)18-21-22(13-8-10-14(11-9-13)23(26)27)20(29-18)17(25)15-6-4-5-7-16(15)28-19(20,2)3/h4-11H,1-3H3/t20-/m1/s1. The minimum atomic E-state index is -1.38. The maximum atomic E-state index is 13.7. The molecule has 2 heterocycles. The Morgan fingerprint density at radius 2 is 1.83 bits per heavy atom. The molecule has 0 N–H and O–H groups in total. The molecule has 0 saturated carbocycles. The van der Waals surface area contributed by atoms with E-state index in [0.717, 1.165) is 11.8 Å². The number of hydrazone groups is 1. The van der Waals surface area contributed by atoms with Crippen molar-refractivity contribution in [2.45, 2.75) is 31.2 Å². The smallest absolute Gasteiger partial charge is 0.269 e. The van der Waals surface area contributed by atoms with Gasteiger partial charge in [0.2, 0.25) is 10.7 Å². The van der Waals surface area contributed by atoms with Crippen molar-refractivity contribution in [2.75, 3.05) is 5.01 Å². The zero-order valence-electron chi connectivity index (χ0n) is 15.9. The first-order chi connectivity index (χ1) is 13.7. The van der Waals surface area contributed by atoms with Crippen molar-refractivity contribution in [3.8, 4) is 5.75 Å². The maximum Gasteiger partial charge on any atom is 0.269 e. The number of nitro benzene ring substituents is 1. The summed E-state index contributed by atoms with van der Waals surface area (Å²) in [4.78, 5) is 35.0. The lowest BCUT2D eigenvalue weighted by Gasteiger charge is -2.49. The zero-order valence-corrected chi connectivity index (χ0v) is 16.7. The van der Waals surface area contributed by atoms with Gasteiger partial charge in [0.25, 0.3) is 5.69 Å². The second-order valence-electron chi connectivity index (χ2n) is 7.23. The monoisotopic (exact) mass is 411 g/mol. The molecule has 0 aromatic heterocycles. The lowest BCUT2D eigenvalue weighted by Crippen LogP contribution is -2.66. The zero-order chi connectivity index (χ0) is 21.0. The third kappa shape index (κ3) is 2.72. The van der Waals surface area contributed by atoms with E-state index in [1.807, 2.05) is 0 Å². The molecule has 0 fully saturated rings. The van der Waals surface area contributed by atoms with Gasteiger partial charge in [0.05, 0.1) is 16.2 Å². The summed E-state index contributed by atoms with van der Waals surface area (Å²) in [5, 5.41) is 17.1. The average Bonchev–Trinajstić information content (AvgIpc) is 3.09. The van der Waals surface area contributed by atoms with Crippen molar-refractivity contribution >= 4 is 39.7 Å². The highest BCUT2D eigenvalue weighted by Crippen LogP contribution is 2.54. The van der Waals surface area contributed by atoms with Gasteiger partial charge in [-0.25, -0.2) is 5.01 Å². The Hall–Kier alpha value is -3.20. The molecule has 8 nitrogen and oxygen atoms in total. The summed E-state index contributed by atoms with van der Waals surface area (Å²) >= 11 is 1.05. The van der Waals surface area contributed by atoms with Gasteiger partial charge in [-0.2, -0.15) is 5.10 Å². The number of hydrogen-bond acceptors (Lipinski definition) is 8. The van der Waals surface area contributed by atoms with Crippen LogP contribution in [-0.4, -0.2) is 32.0 Å². The summed E-state index contributed by atoms with van der Waals surface area (Å²) in [6.07, 6.45) is 0. The Morgan fingerprint density at radius 1 is 1.17 bits per heavy atom. The Balaban J connectivity index is 1.91.